The first kappa shape index (κ1) is 26.1. The monoisotopic (exact) mass is 528 g/mol. The predicted octanol–water partition coefficient (Wildman–Crippen LogP) is 4.08. The fourth-order valence-electron chi connectivity index (χ4n) is 3.90. The van der Waals surface area contributed by atoms with Crippen molar-refractivity contribution in [2.75, 3.05) is 0 Å². The Kier molecular flexibility index (Phi) is 6.98. The van der Waals surface area contributed by atoms with Crippen molar-refractivity contribution in [1.29, 1.82) is 10.7 Å². The van der Waals surface area contributed by atoms with Crippen molar-refractivity contribution in [2.24, 2.45) is 10.7 Å². The van der Waals surface area contributed by atoms with E-state index in [1.165, 1.54) is 12.3 Å². The summed E-state index contributed by atoms with van der Waals surface area (Å²) in [6.07, 6.45) is -0.549. The van der Waals surface area contributed by atoms with Crippen LogP contribution in [0.2, 0.25) is 0 Å². The molecule has 3 aromatic heterocycles. The van der Waals surface area contributed by atoms with Gasteiger partial charge < -0.3 is 10.7 Å². The first-order valence-electron chi connectivity index (χ1n) is 10.8. The van der Waals surface area contributed by atoms with Gasteiger partial charge in [0.1, 0.15) is 29.7 Å². The van der Waals surface area contributed by atoms with Crippen molar-refractivity contribution in [3.8, 4) is 22.9 Å². The summed E-state index contributed by atoms with van der Waals surface area (Å²) in [4.78, 5) is 13.4. The predicted molar refractivity (Wildman–Crippen MR) is 124 cm³/mol. The van der Waals surface area contributed by atoms with Gasteiger partial charge in [-0.3, -0.25) is 5.41 Å². The van der Waals surface area contributed by atoms with E-state index >= 15 is 0 Å². The van der Waals surface area contributed by atoms with Crippen molar-refractivity contribution in [3.63, 3.8) is 0 Å². The van der Waals surface area contributed by atoms with E-state index in [1.807, 2.05) is 6.07 Å². The summed E-state index contributed by atoms with van der Waals surface area (Å²) in [5.74, 6) is -3.86. The molecular weight excluding hydrogens is 511 g/mol. The van der Waals surface area contributed by atoms with Crippen molar-refractivity contribution in [3.05, 3.63) is 76.9 Å². The van der Waals surface area contributed by atoms with E-state index in [0.717, 1.165) is 23.1 Å². The molecule has 194 valence electrons. The molecule has 1 atom stereocenters. The van der Waals surface area contributed by atoms with Crippen LogP contribution in [0, 0.1) is 28.4 Å². The maximum atomic E-state index is 14.3. The fourth-order valence-corrected chi connectivity index (χ4v) is 3.90. The highest BCUT2D eigenvalue weighted by molar-refractivity contribution is 6.06. The maximum Gasteiger partial charge on any atom is 0.451 e. The van der Waals surface area contributed by atoms with Crippen LogP contribution in [0.1, 0.15) is 47.7 Å². The van der Waals surface area contributed by atoms with Crippen LogP contribution in [0.15, 0.2) is 41.8 Å². The van der Waals surface area contributed by atoms with Crippen LogP contribution in [0.4, 0.5) is 22.0 Å². The number of hydrogen-bond acceptors (Lipinski definition) is 6. The molecule has 10 nitrogen and oxygen atoms in total. The molecule has 0 spiro atoms. The largest absolute Gasteiger partial charge is 0.451 e. The average Bonchev–Trinajstić information content (AvgIpc) is 3.50. The zero-order chi connectivity index (χ0) is 27.6. The molecule has 1 aromatic carbocycles. The van der Waals surface area contributed by atoms with E-state index in [1.54, 1.807) is 6.92 Å². The highest BCUT2D eigenvalue weighted by Gasteiger charge is 2.35. The molecule has 0 fully saturated rings. The second-order valence-electron chi connectivity index (χ2n) is 7.86. The Hall–Kier alpha value is -5.00. The first-order chi connectivity index (χ1) is 18.1. The number of benzene rings is 1. The number of alkyl halides is 3. The van der Waals surface area contributed by atoms with Gasteiger partial charge in [0.05, 0.1) is 23.1 Å². The molecule has 4 aromatic rings. The van der Waals surface area contributed by atoms with Gasteiger partial charge in [-0.2, -0.15) is 18.4 Å². The Balaban J connectivity index is 1.86. The number of rotatable bonds is 7. The number of nitriles is 1. The fraction of sp³-hybridized carbons (Fsp3) is 0.174. The second kappa shape index (κ2) is 10.2. The van der Waals surface area contributed by atoms with Crippen LogP contribution in [0.25, 0.3) is 16.8 Å². The van der Waals surface area contributed by atoms with Crippen molar-refractivity contribution >= 4 is 12.2 Å². The maximum absolute atomic E-state index is 14.3. The quantitative estimate of drug-likeness (QED) is 0.186. The summed E-state index contributed by atoms with van der Waals surface area (Å²) in [5.41, 5.74) is 6.70. The molecule has 15 heteroatoms. The van der Waals surface area contributed by atoms with Gasteiger partial charge in [0.25, 0.3) is 0 Å². The Labute approximate surface area is 211 Å². The molecular formula is C23H17F5N10. The highest BCUT2D eigenvalue weighted by atomic mass is 19.4. The van der Waals surface area contributed by atoms with E-state index in [2.05, 4.69) is 30.3 Å². The molecule has 4 N–H and O–H groups in total. The minimum Gasteiger partial charge on any atom is -0.382 e. The number of H-pyrrole nitrogens is 1. The SMILES string of the molecule is CCC(c1cn(-c2ccc(F)cc2F)nn1)c1[nH]c(C(N)=NC=N)c(-c2cnc(C(F)(F)F)nc2)c1C#N. The number of aromatic nitrogens is 6. The standard InChI is InChI=1S/C23H17F5N10/c1-2-13(16-9-38(37-36-16)17-4-3-12(24)5-15(17)25)19-14(6-29)18(20(35-19)21(31)34-10-30)11-7-32-22(33-8-11)23(26,27)28/h3-5,7-10,13,35H,2H2,1H3,(H3,30,31,34). The van der Waals surface area contributed by atoms with Gasteiger partial charge in [0.2, 0.25) is 5.82 Å². The molecule has 0 amide bonds. The molecule has 0 saturated heterocycles. The van der Waals surface area contributed by atoms with Crippen LogP contribution < -0.4 is 5.73 Å². The van der Waals surface area contributed by atoms with Crippen LogP contribution in [0.3, 0.4) is 0 Å². The van der Waals surface area contributed by atoms with Crippen LogP contribution in [0.5, 0.6) is 0 Å². The molecule has 0 radical (unpaired) electrons. The van der Waals surface area contributed by atoms with Crippen LogP contribution in [-0.2, 0) is 6.18 Å². The molecule has 0 aliphatic heterocycles. The van der Waals surface area contributed by atoms with Gasteiger partial charge in [0.15, 0.2) is 5.82 Å². The van der Waals surface area contributed by atoms with Gasteiger partial charge in [-0.25, -0.2) is 28.4 Å². The second-order valence-corrected chi connectivity index (χ2v) is 7.86. The number of aromatic amines is 1. The van der Waals surface area contributed by atoms with Crippen molar-refractivity contribution < 1.29 is 22.0 Å². The summed E-state index contributed by atoms with van der Waals surface area (Å²) in [5, 5.41) is 25.3. The zero-order valence-corrected chi connectivity index (χ0v) is 19.4. The van der Waals surface area contributed by atoms with Crippen LogP contribution >= 0.6 is 0 Å². The molecule has 0 aliphatic rings. The Morgan fingerprint density at radius 1 is 1.29 bits per heavy atom. The highest BCUT2D eigenvalue weighted by Crippen LogP contribution is 2.37. The lowest BCUT2D eigenvalue weighted by molar-refractivity contribution is -0.144. The van der Waals surface area contributed by atoms with Gasteiger partial charge in [-0.1, -0.05) is 12.1 Å². The average molecular weight is 528 g/mol. The zero-order valence-electron chi connectivity index (χ0n) is 19.4. The van der Waals surface area contributed by atoms with E-state index < -0.39 is 29.6 Å². The third-order valence-electron chi connectivity index (χ3n) is 5.58. The molecule has 0 bridgehead atoms. The van der Waals surface area contributed by atoms with Crippen molar-refractivity contribution in [2.45, 2.75) is 25.4 Å². The topological polar surface area (TPSA) is 158 Å². The molecule has 4 rings (SSSR count). The summed E-state index contributed by atoms with van der Waals surface area (Å²) in [6.45, 7) is 1.78. The Morgan fingerprint density at radius 2 is 2.00 bits per heavy atom. The summed E-state index contributed by atoms with van der Waals surface area (Å²) in [7, 11) is 0. The minimum atomic E-state index is -4.77. The van der Waals surface area contributed by atoms with Crippen molar-refractivity contribution in [1.82, 2.24) is 29.9 Å². The molecule has 3 heterocycles. The van der Waals surface area contributed by atoms with Gasteiger partial charge in [-0.05, 0) is 18.6 Å². The van der Waals surface area contributed by atoms with Gasteiger partial charge >= 0.3 is 6.18 Å². The third kappa shape index (κ3) is 4.83. The van der Waals surface area contributed by atoms with E-state index in [-0.39, 0.29) is 39.6 Å². The number of aliphatic imine (C=N–C) groups is 1. The number of hydrogen-bond donors (Lipinski definition) is 3. The summed E-state index contributed by atoms with van der Waals surface area (Å²) < 4.78 is 67.7. The number of halogens is 5. The first-order valence-corrected chi connectivity index (χ1v) is 10.8. The van der Waals surface area contributed by atoms with Crippen LogP contribution in [-0.4, -0.2) is 42.1 Å². The van der Waals surface area contributed by atoms with E-state index in [4.69, 9.17) is 11.1 Å². The Morgan fingerprint density at radius 3 is 2.58 bits per heavy atom. The minimum absolute atomic E-state index is 0.000789. The van der Waals surface area contributed by atoms with E-state index in [0.29, 0.717) is 24.5 Å². The van der Waals surface area contributed by atoms with Gasteiger partial charge in [-0.15, -0.1) is 5.10 Å². The number of nitrogens with two attached hydrogens (primary N) is 1. The Bertz CT molecular complexity index is 1560. The number of amidine groups is 1. The lowest BCUT2D eigenvalue weighted by Crippen LogP contribution is -2.16. The lowest BCUT2D eigenvalue weighted by atomic mass is 9.93. The molecule has 0 saturated carbocycles. The summed E-state index contributed by atoms with van der Waals surface area (Å²) >= 11 is 0. The number of nitrogens with zero attached hydrogens (tertiary/aromatic N) is 7. The normalized spacial score (nSPS) is 12.8. The summed E-state index contributed by atoms with van der Waals surface area (Å²) in [6, 6.07) is 4.98. The molecule has 38 heavy (non-hydrogen) atoms. The third-order valence-corrected chi connectivity index (χ3v) is 5.58. The van der Waals surface area contributed by atoms with Gasteiger partial charge in [0, 0.05) is 41.2 Å². The molecule has 0 aliphatic carbocycles. The molecule has 1 unspecified atom stereocenters. The lowest BCUT2D eigenvalue weighted by Gasteiger charge is -2.11. The number of nitrogens with one attached hydrogen (secondary N) is 2. The van der Waals surface area contributed by atoms with E-state index in [9.17, 15) is 27.2 Å². The smallest absolute Gasteiger partial charge is 0.382 e.